The molecule has 0 saturated carbocycles. The normalized spacial score (nSPS) is 23.2. The Bertz CT molecular complexity index is 440. The average Bonchev–Trinajstić information content (AvgIpc) is 2.38. The second-order valence-electron chi connectivity index (χ2n) is 4.76. The number of hydrogen-bond donors (Lipinski definition) is 0. The maximum atomic E-state index is 12.5. The summed E-state index contributed by atoms with van der Waals surface area (Å²) >= 11 is 0. The fraction of sp³-hybridized carbons (Fsp3) is 0.571. The van der Waals surface area contributed by atoms with E-state index in [4.69, 9.17) is 9.47 Å². The molecule has 0 N–H and O–H groups in total. The van der Waals surface area contributed by atoms with E-state index < -0.39 is 0 Å². The fourth-order valence-corrected chi connectivity index (χ4v) is 2.32. The molecular formula is C14H20N2O3. The first-order valence-electron chi connectivity index (χ1n) is 6.64. The largest absolute Gasteiger partial charge is 0.477 e. The van der Waals surface area contributed by atoms with Crippen molar-refractivity contribution in [3.8, 4) is 5.88 Å². The van der Waals surface area contributed by atoms with Crippen molar-refractivity contribution < 1.29 is 14.3 Å². The number of hydrogen-bond acceptors (Lipinski definition) is 4. The zero-order valence-electron chi connectivity index (χ0n) is 11.6. The lowest BCUT2D eigenvalue weighted by atomic mass is 10.2. The van der Waals surface area contributed by atoms with Crippen LogP contribution in [0.5, 0.6) is 5.88 Å². The summed E-state index contributed by atoms with van der Waals surface area (Å²) in [5.74, 6) is 0.361. The van der Waals surface area contributed by atoms with Gasteiger partial charge in [-0.05, 0) is 32.9 Å². The second-order valence-corrected chi connectivity index (χ2v) is 4.76. The summed E-state index contributed by atoms with van der Waals surface area (Å²) in [6.07, 6.45) is 1.74. The highest BCUT2D eigenvalue weighted by molar-refractivity contribution is 5.96. The number of rotatable bonds is 3. The van der Waals surface area contributed by atoms with E-state index in [9.17, 15) is 4.79 Å². The topological polar surface area (TPSA) is 51.7 Å². The van der Waals surface area contributed by atoms with E-state index in [0.717, 1.165) is 0 Å². The van der Waals surface area contributed by atoms with Gasteiger partial charge in [0.15, 0.2) is 0 Å². The van der Waals surface area contributed by atoms with Crippen LogP contribution in [0.4, 0.5) is 0 Å². The van der Waals surface area contributed by atoms with Gasteiger partial charge in [0.05, 0.1) is 18.8 Å². The third kappa shape index (κ3) is 3.23. The van der Waals surface area contributed by atoms with Gasteiger partial charge in [0.1, 0.15) is 5.56 Å². The molecule has 0 radical (unpaired) electrons. The molecule has 1 aromatic heterocycles. The predicted octanol–water partition coefficient (Wildman–Crippen LogP) is 1.73. The highest BCUT2D eigenvalue weighted by Crippen LogP contribution is 2.19. The van der Waals surface area contributed by atoms with Crippen molar-refractivity contribution in [2.45, 2.75) is 33.0 Å². The molecule has 2 atom stereocenters. The highest BCUT2D eigenvalue weighted by atomic mass is 16.5. The fourth-order valence-electron chi connectivity index (χ4n) is 2.32. The van der Waals surface area contributed by atoms with Gasteiger partial charge in [0.25, 0.3) is 5.91 Å². The van der Waals surface area contributed by atoms with Gasteiger partial charge in [-0.2, -0.15) is 0 Å². The van der Waals surface area contributed by atoms with Crippen LogP contribution in [0.3, 0.4) is 0 Å². The van der Waals surface area contributed by atoms with Gasteiger partial charge < -0.3 is 14.4 Å². The van der Waals surface area contributed by atoms with Crippen LogP contribution in [0.1, 0.15) is 31.1 Å². The quantitative estimate of drug-likeness (QED) is 0.834. The van der Waals surface area contributed by atoms with Crippen molar-refractivity contribution in [2.24, 2.45) is 0 Å². The molecule has 1 aliphatic rings. The summed E-state index contributed by atoms with van der Waals surface area (Å²) < 4.78 is 11.1. The van der Waals surface area contributed by atoms with Crippen LogP contribution in [0, 0.1) is 0 Å². The number of nitrogens with zero attached hydrogens (tertiary/aromatic N) is 2. The summed E-state index contributed by atoms with van der Waals surface area (Å²) in [7, 11) is 0. The van der Waals surface area contributed by atoms with Crippen molar-refractivity contribution in [1.82, 2.24) is 9.88 Å². The summed E-state index contributed by atoms with van der Waals surface area (Å²) in [4.78, 5) is 18.5. The minimum absolute atomic E-state index is 0.0430. The first-order chi connectivity index (χ1) is 9.11. The Balaban J connectivity index is 2.19. The molecule has 2 unspecified atom stereocenters. The number of amides is 1. The zero-order valence-corrected chi connectivity index (χ0v) is 11.6. The summed E-state index contributed by atoms with van der Waals surface area (Å²) in [5.41, 5.74) is 0.519. The van der Waals surface area contributed by atoms with Gasteiger partial charge in [-0.1, -0.05) is 0 Å². The van der Waals surface area contributed by atoms with Gasteiger partial charge in [0, 0.05) is 19.3 Å². The SMILES string of the molecule is CCOc1ncccc1C(=O)N1CC(C)OC(C)C1. The molecule has 1 aromatic rings. The lowest BCUT2D eigenvalue weighted by Gasteiger charge is -2.35. The number of ether oxygens (including phenoxy) is 2. The molecule has 5 nitrogen and oxygen atoms in total. The lowest BCUT2D eigenvalue weighted by Crippen LogP contribution is -2.48. The Kier molecular flexibility index (Phi) is 4.37. The predicted molar refractivity (Wildman–Crippen MR) is 71.3 cm³/mol. The van der Waals surface area contributed by atoms with Crippen LogP contribution >= 0.6 is 0 Å². The molecule has 1 aliphatic heterocycles. The molecule has 2 heterocycles. The van der Waals surface area contributed by atoms with E-state index in [2.05, 4.69) is 4.98 Å². The number of morpholine rings is 1. The first-order valence-corrected chi connectivity index (χ1v) is 6.64. The number of pyridine rings is 1. The van der Waals surface area contributed by atoms with Crippen LogP contribution in [0.2, 0.25) is 0 Å². The number of carbonyl (C=O) groups is 1. The molecule has 0 aliphatic carbocycles. The molecule has 0 spiro atoms. The molecule has 5 heteroatoms. The van der Waals surface area contributed by atoms with Gasteiger partial charge in [-0.3, -0.25) is 4.79 Å². The minimum Gasteiger partial charge on any atom is -0.477 e. The number of carbonyl (C=O) groups excluding carboxylic acids is 1. The molecule has 0 aromatic carbocycles. The summed E-state index contributed by atoms with van der Waals surface area (Å²) in [6.45, 7) is 7.52. The van der Waals surface area contributed by atoms with E-state index in [1.54, 1.807) is 23.2 Å². The summed E-state index contributed by atoms with van der Waals surface area (Å²) in [6, 6.07) is 3.51. The Morgan fingerprint density at radius 2 is 2.16 bits per heavy atom. The molecule has 19 heavy (non-hydrogen) atoms. The monoisotopic (exact) mass is 264 g/mol. The molecule has 104 valence electrons. The third-order valence-corrected chi connectivity index (χ3v) is 2.99. The average molecular weight is 264 g/mol. The van der Waals surface area contributed by atoms with Gasteiger partial charge in [-0.25, -0.2) is 4.98 Å². The van der Waals surface area contributed by atoms with Crippen molar-refractivity contribution in [1.29, 1.82) is 0 Å². The van der Waals surface area contributed by atoms with E-state index in [1.165, 1.54) is 0 Å². The smallest absolute Gasteiger partial charge is 0.259 e. The Hall–Kier alpha value is -1.62. The van der Waals surface area contributed by atoms with Crippen molar-refractivity contribution >= 4 is 5.91 Å². The Morgan fingerprint density at radius 3 is 2.79 bits per heavy atom. The summed E-state index contributed by atoms with van der Waals surface area (Å²) in [5, 5.41) is 0. The zero-order chi connectivity index (χ0) is 13.8. The van der Waals surface area contributed by atoms with Crippen LogP contribution in [0.25, 0.3) is 0 Å². The van der Waals surface area contributed by atoms with Crippen LogP contribution in [0.15, 0.2) is 18.3 Å². The molecule has 1 fully saturated rings. The third-order valence-electron chi connectivity index (χ3n) is 2.99. The van der Waals surface area contributed by atoms with Gasteiger partial charge in [0.2, 0.25) is 5.88 Å². The van der Waals surface area contributed by atoms with Crippen molar-refractivity contribution in [2.75, 3.05) is 19.7 Å². The molecule has 1 saturated heterocycles. The van der Waals surface area contributed by atoms with Gasteiger partial charge in [-0.15, -0.1) is 0 Å². The molecule has 1 amide bonds. The molecule has 0 bridgehead atoms. The van der Waals surface area contributed by atoms with E-state index >= 15 is 0 Å². The van der Waals surface area contributed by atoms with Crippen LogP contribution in [-0.2, 0) is 4.74 Å². The minimum atomic E-state index is -0.0430. The lowest BCUT2D eigenvalue weighted by molar-refractivity contribution is -0.0587. The van der Waals surface area contributed by atoms with Crippen LogP contribution < -0.4 is 4.74 Å². The maximum absolute atomic E-state index is 12.5. The standard InChI is InChI=1S/C14H20N2O3/c1-4-18-13-12(6-5-7-15-13)14(17)16-8-10(2)19-11(3)9-16/h5-7,10-11H,4,8-9H2,1-3H3. The Morgan fingerprint density at radius 1 is 1.47 bits per heavy atom. The molecule has 2 rings (SSSR count). The maximum Gasteiger partial charge on any atom is 0.259 e. The van der Waals surface area contributed by atoms with E-state index in [1.807, 2.05) is 20.8 Å². The first kappa shape index (κ1) is 13.8. The number of aromatic nitrogens is 1. The highest BCUT2D eigenvalue weighted by Gasteiger charge is 2.28. The van der Waals surface area contributed by atoms with Crippen LogP contribution in [-0.4, -0.2) is 47.7 Å². The van der Waals surface area contributed by atoms with Gasteiger partial charge >= 0.3 is 0 Å². The van der Waals surface area contributed by atoms with E-state index in [0.29, 0.717) is 31.1 Å². The van der Waals surface area contributed by atoms with Crippen molar-refractivity contribution in [3.05, 3.63) is 23.9 Å². The van der Waals surface area contributed by atoms with Crippen molar-refractivity contribution in [3.63, 3.8) is 0 Å². The Labute approximate surface area is 113 Å². The second kappa shape index (κ2) is 6.02. The molecular weight excluding hydrogens is 244 g/mol. The van der Waals surface area contributed by atoms with E-state index in [-0.39, 0.29) is 18.1 Å².